The van der Waals surface area contributed by atoms with Crippen molar-refractivity contribution in [2.24, 2.45) is 5.92 Å². The number of nitrogens with zero attached hydrogens (tertiary/aromatic N) is 2. The molecule has 1 saturated heterocycles. The summed E-state index contributed by atoms with van der Waals surface area (Å²) in [7, 11) is 0. The minimum Gasteiger partial charge on any atom is -0.361 e. The second-order valence-electron chi connectivity index (χ2n) is 5.55. The molecule has 102 valence electrons. The molecule has 0 radical (unpaired) electrons. The number of rotatable bonds is 6. The van der Waals surface area contributed by atoms with Gasteiger partial charge >= 0.3 is 0 Å². The smallest absolute Gasteiger partial charge is 0.138 e. The quantitative estimate of drug-likeness (QED) is 0.841. The Bertz CT molecular complexity index is 350. The van der Waals surface area contributed by atoms with Gasteiger partial charge in [0.25, 0.3) is 0 Å². The van der Waals surface area contributed by atoms with Crippen molar-refractivity contribution in [2.75, 3.05) is 26.2 Å². The van der Waals surface area contributed by atoms with Gasteiger partial charge in [-0.2, -0.15) is 0 Å². The summed E-state index contributed by atoms with van der Waals surface area (Å²) in [5, 5.41) is 7.49. The summed E-state index contributed by atoms with van der Waals surface area (Å²) in [6.07, 6.45) is 2.75. The number of hydrogen-bond donors (Lipinski definition) is 1. The third kappa shape index (κ3) is 3.56. The van der Waals surface area contributed by atoms with Crippen LogP contribution >= 0.6 is 0 Å². The molecule has 1 aliphatic rings. The van der Waals surface area contributed by atoms with E-state index in [1.54, 1.807) is 0 Å². The van der Waals surface area contributed by atoms with Crippen molar-refractivity contribution in [1.82, 2.24) is 15.4 Å². The summed E-state index contributed by atoms with van der Waals surface area (Å²) < 4.78 is 5.16. The predicted octanol–water partition coefficient (Wildman–Crippen LogP) is 2.11. The predicted molar refractivity (Wildman–Crippen MR) is 72.5 cm³/mol. The standard InChI is InChI=1S/C14H25N3O/c1-11(10-17-6-4-5-7-17)8-15-9-14-12(2)16-18-13(14)3/h11,15H,4-10H2,1-3H3. The molecule has 1 atom stereocenters. The maximum Gasteiger partial charge on any atom is 0.138 e. The molecular weight excluding hydrogens is 226 g/mol. The maximum absolute atomic E-state index is 5.16. The molecule has 1 aromatic heterocycles. The third-order valence-corrected chi connectivity index (χ3v) is 3.74. The van der Waals surface area contributed by atoms with E-state index >= 15 is 0 Å². The molecular formula is C14H25N3O. The first-order valence-electron chi connectivity index (χ1n) is 7.01. The lowest BCUT2D eigenvalue weighted by molar-refractivity contribution is 0.282. The lowest BCUT2D eigenvalue weighted by Gasteiger charge is -2.20. The van der Waals surface area contributed by atoms with E-state index in [0.717, 1.165) is 24.5 Å². The van der Waals surface area contributed by atoms with Crippen molar-refractivity contribution >= 4 is 0 Å². The first kappa shape index (κ1) is 13.6. The van der Waals surface area contributed by atoms with E-state index in [-0.39, 0.29) is 0 Å². The van der Waals surface area contributed by atoms with Gasteiger partial charge in [-0.15, -0.1) is 0 Å². The van der Waals surface area contributed by atoms with Crippen LogP contribution in [0.25, 0.3) is 0 Å². The highest BCUT2D eigenvalue weighted by Gasteiger charge is 2.15. The van der Waals surface area contributed by atoms with Crippen LogP contribution in [0, 0.1) is 19.8 Å². The van der Waals surface area contributed by atoms with Gasteiger partial charge in [0.2, 0.25) is 0 Å². The highest BCUT2D eigenvalue weighted by molar-refractivity contribution is 5.20. The second-order valence-corrected chi connectivity index (χ2v) is 5.55. The maximum atomic E-state index is 5.16. The SMILES string of the molecule is Cc1noc(C)c1CNCC(C)CN1CCCC1. The molecule has 1 aromatic rings. The summed E-state index contributed by atoms with van der Waals surface area (Å²) in [4.78, 5) is 2.57. The summed E-state index contributed by atoms with van der Waals surface area (Å²) in [5.41, 5.74) is 2.22. The molecule has 1 unspecified atom stereocenters. The Morgan fingerprint density at radius 1 is 1.33 bits per heavy atom. The van der Waals surface area contributed by atoms with Gasteiger partial charge in [0, 0.05) is 18.7 Å². The van der Waals surface area contributed by atoms with Gasteiger partial charge in [-0.05, 0) is 52.2 Å². The van der Waals surface area contributed by atoms with Crippen molar-refractivity contribution in [1.29, 1.82) is 0 Å². The van der Waals surface area contributed by atoms with Gasteiger partial charge in [0.15, 0.2) is 0 Å². The van der Waals surface area contributed by atoms with Crippen molar-refractivity contribution in [3.05, 3.63) is 17.0 Å². The summed E-state index contributed by atoms with van der Waals surface area (Å²) in [5.74, 6) is 1.63. The zero-order valence-electron chi connectivity index (χ0n) is 11.8. The van der Waals surface area contributed by atoms with E-state index < -0.39 is 0 Å². The summed E-state index contributed by atoms with van der Waals surface area (Å²) in [6.45, 7) is 12.0. The Labute approximate surface area is 110 Å². The van der Waals surface area contributed by atoms with Crippen LogP contribution in [0.4, 0.5) is 0 Å². The van der Waals surface area contributed by atoms with E-state index in [1.807, 2.05) is 13.8 Å². The van der Waals surface area contributed by atoms with E-state index in [9.17, 15) is 0 Å². The Kier molecular flexibility index (Phi) is 4.78. The molecule has 4 heteroatoms. The molecule has 1 aliphatic heterocycles. The van der Waals surface area contributed by atoms with Gasteiger partial charge < -0.3 is 14.7 Å². The molecule has 0 spiro atoms. The molecule has 0 aliphatic carbocycles. The first-order valence-corrected chi connectivity index (χ1v) is 7.01. The van der Waals surface area contributed by atoms with Crippen LogP contribution in [0.5, 0.6) is 0 Å². The fraction of sp³-hybridized carbons (Fsp3) is 0.786. The Morgan fingerprint density at radius 2 is 2.06 bits per heavy atom. The zero-order chi connectivity index (χ0) is 13.0. The Balaban J connectivity index is 1.68. The molecule has 1 N–H and O–H groups in total. The van der Waals surface area contributed by atoms with Gasteiger partial charge in [-0.3, -0.25) is 0 Å². The molecule has 2 heterocycles. The van der Waals surface area contributed by atoms with E-state index in [0.29, 0.717) is 5.92 Å². The lowest BCUT2D eigenvalue weighted by Crippen LogP contribution is -2.31. The van der Waals surface area contributed by atoms with Crippen LogP contribution in [-0.2, 0) is 6.54 Å². The number of aromatic nitrogens is 1. The zero-order valence-corrected chi connectivity index (χ0v) is 11.8. The normalized spacial score (nSPS) is 18.4. The second kappa shape index (κ2) is 6.34. The molecule has 2 rings (SSSR count). The average Bonchev–Trinajstić information content (AvgIpc) is 2.93. The Hall–Kier alpha value is -0.870. The number of likely N-dealkylation sites (tertiary alicyclic amines) is 1. The van der Waals surface area contributed by atoms with E-state index in [2.05, 4.69) is 22.3 Å². The number of nitrogens with one attached hydrogen (secondary N) is 1. The van der Waals surface area contributed by atoms with Gasteiger partial charge in [0.1, 0.15) is 5.76 Å². The highest BCUT2D eigenvalue weighted by atomic mass is 16.5. The largest absolute Gasteiger partial charge is 0.361 e. The van der Waals surface area contributed by atoms with E-state index in [1.165, 1.54) is 38.0 Å². The molecule has 0 saturated carbocycles. The van der Waals surface area contributed by atoms with Crippen LogP contribution in [0.1, 0.15) is 36.8 Å². The van der Waals surface area contributed by atoms with Crippen LogP contribution in [0.15, 0.2) is 4.52 Å². The molecule has 18 heavy (non-hydrogen) atoms. The minimum atomic E-state index is 0.698. The highest BCUT2D eigenvalue weighted by Crippen LogP contribution is 2.12. The summed E-state index contributed by atoms with van der Waals surface area (Å²) >= 11 is 0. The minimum absolute atomic E-state index is 0.698. The topological polar surface area (TPSA) is 41.3 Å². The fourth-order valence-electron chi connectivity index (χ4n) is 2.67. The number of aryl methyl sites for hydroxylation is 2. The van der Waals surface area contributed by atoms with Crippen LogP contribution in [0.2, 0.25) is 0 Å². The van der Waals surface area contributed by atoms with Crippen molar-refractivity contribution in [2.45, 2.75) is 40.2 Å². The van der Waals surface area contributed by atoms with Gasteiger partial charge in [0.05, 0.1) is 5.69 Å². The monoisotopic (exact) mass is 251 g/mol. The summed E-state index contributed by atoms with van der Waals surface area (Å²) in [6, 6.07) is 0. The van der Waals surface area contributed by atoms with Crippen LogP contribution < -0.4 is 5.32 Å². The molecule has 0 amide bonds. The van der Waals surface area contributed by atoms with Crippen LogP contribution in [-0.4, -0.2) is 36.2 Å². The molecule has 0 aromatic carbocycles. The molecule has 1 fully saturated rings. The van der Waals surface area contributed by atoms with Gasteiger partial charge in [-0.25, -0.2) is 0 Å². The molecule has 0 bridgehead atoms. The number of hydrogen-bond acceptors (Lipinski definition) is 4. The van der Waals surface area contributed by atoms with Crippen molar-refractivity contribution in [3.63, 3.8) is 0 Å². The third-order valence-electron chi connectivity index (χ3n) is 3.74. The van der Waals surface area contributed by atoms with Gasteiger partial charge in [-0.1, -0.05) is 12.1 Å². The Morgan fingerprint density at radius 3 is 2.67 bits per heavy atom. The fourth-order valence-corrected chi connectivity index (χ4v) is 2.67. The van der Waals surface area contributed by atoms with Crippen molar-refractivity contribution in [3.8, 4) is 0 Å². The van der Waals surface area contributed by atoms with E-state index in [4.69, 9.17) is 4.52 Å². The van der Waals surface area contributed by atoms with Crippen molar-refractivity contribution < 1.29 is 4.52 Å². The average molecular weight is 251 g/mol. The lowest BCUT2D eigenvalue weighted by atomic mass is 10.1. The molecule has 4 nitrogen and oxygen atoms in total. The first-order chi connectivity index (χ1) is 8.66. The van der Waals surface area contributed by atoms with Crippen LogP contribution in [0.3, 0.4) is 0 Å².